The molecule has 1 unspecified atom stereocenters. The molecule has 1 fully saturated rings. The summed E-state index contributed by atoms with van der Waals surface area (Å²) < 4.78 is 5.33. The molecule has 3 heterocycles. The first-order valence-electron chi connectivity index (χ1n) is 10.0. The fourth-order valence-electron chi connectivity index (χ4n) is 3.42. The van der Waals surface area contributed by atoms with Gasteiger partial charge >= 0.3 is 0 Å². The molecule has 0 radical (unpaired) electrons. The van der Waals surface area contributed by atoms with Gasteiger partial charge < -0.3 is 20.0 Å². The van der Waals surface area contributed by atoms with Crippen LogP contribution in [0.1, 0.15) is 24.7 Å². The Bertz CT molecular complexity index is 937. The molecule has 8 nitrogen and oxygen atoms in total. The fraction of sp³-hybridized carbons (Fsp3) is 0.381. The van der Waals surface area contributed by atoms with Crippen LogP contribution in [-0.2, 0) is 6.54 Å². The van der Waals surface area contributed by atoms with Gasteiger partial charge in [0, 0.05) is 31.4 Å². The summed E-state index contributed by atoms with van der Waals surface area (Å²) in [5.74, 6) is 2.67. The van der Waals surface area contributed by atoms with E-state index in [9.17, 15) is 0 Å². The first-order valence-corrected chi connectivity index (χ1v) is 10.0. The zero-order chi connectivity index (χ0) is 20.1. The standard InChI is InChI=1S/C21H27N7O.HI/c1-3-22-21(23-13-19-25-20(27-26-19)18-5-4-12-29-18)24-16-10-11-28(14-16)17-8-6-15(2)7-9-17;/h4-9,12,16H,3,10-11,13-14H2,1-2H3,(H2,22,23,24)(H,25,26,27);1H. The van der Waals surface area contributed by atoms with E-state index in [0.29, 0.717) is 30.0 Å². The third-order valence-electron chi connectivity index (χ3n) is 4.93. The van der Waals surface area contributed by atoms with Gasteiger partial charge in [0.05, 0.1) is 6.26 Å². The van der Waals surface area contributed by atoms with Gasteiger partial charge in [-0.05, 0) is 44.5 Å². The van der Waals surface area contributed by atoms with E-state index in [0.717, 1.165) is 32.0 Å². The second-order valence-electron chi connectivity index (χ2n) is 7.19. The predicted octanol–water partition coefficient (Wildman–Crippen LogP) is 3.33. The lowest BCUT2D eigenvalue weighted by atomic mass is 10.2. The minimum Gasteiger partial charge on any atom is -0.461 e. The number of nitrogens with zero attached hydrogens (tertiary/aromatic N) is 4. The Balaban J connectivity index is 0.00000256. The van der Waals surface area contributed by atoms with E-state index < -0.39 is 0 Å². The van der Waals surface area contributed by atoms with Crippen molar-refractivity contribution >= 4 is 35.6 Å². The van der Waals surface area contributed by atoms with Crippen molar-refractivity contribution in [1.29, 1.82) is 0 Å². The van der Waals surface area contributed by atoms with Crippen LogP contribution >= 0.6 is 24.0 Å². The highest BCUT2D eigenvalue weighted by Crippen LogP contribution is 2.20. The average molecular weight is 521 g/mol. The van der Waals surface area contributed by atoms with E-state index in [2.05, 4.69) is 73.8 Å². The Labute approximate surface area is 193 Å². The Hall–Kier alpha value is -2.56. The molecule has 1 aliphatic rings. The number of furan rings is 1. The largest absolute Gasteiger partial charge is 0.461 e. The number of benzene rings is 1. The van der Waals surface area contributed by atoms with Crippen LogP contribution in [0.5, 0.6) is 0 Å². The summed E-state index contributed by atoms with van der Waals surface area (Å²) in [6, 6.07) is 12.7. The van der Waals surface area contributed by atoms with Crippen molar-refractivity contribution < 1.29 is 4.42 Å². The maximum atomic E-state index is 5.33. The number of H-pyrrole nitrogens is 1. The Morgan fingerprint density at radius 3 is 2.87 bits per heavy atom. The second-order valence-corrected chi connectivity index (χ2v) is 7.19. The van der Waals surface area contributed by atoms with Crippen molar-refractivity contribution in [2.45, 2.75) is 32.9 Å². The van der Waals surface area contributed by atoms with Crippen LogP contribution in [0, 0.1) is 6.92 Å². The van der Waals surface area contributed by atoms with Gasteiger partial charge in [-0.25, -0.2) is 9.98 Å². The van der Waals surface area contributed by atoms with E-state index in [1.807, 2.05) is 12.1 Å². The number of aliphatic imine (C=N–C) groups is 1. The summed E-state index contributed by atoms with van der Waals surface area (Å²) in [5, 5.41) is 14.0. The molecule has 1 aliphatic heterocycles. The summed E-state index contributed by atoms with van der Waals surface area (Å²) in [4.78, 5) is 11.5. The van der Waals surface area contributed by atoms with Crippen LogP contribution in [0.4, 0.5) is 5.69 Å². The first-order chi connectivity index (χ1) is 14.2. The molecule has 0 bridgehead atoms. The summed E-state index contributed by atoms with van der Waals surface area (Å²) >= 11 is 0. The third-order valence-corrected chi connectivity index (χ3v) is 4.93. The molecular weight excluding hydrogens is 493 g/mol. The van der Waals surface area contributed by atoms with Crippen LogP contribution in [0.25, 0.3) is 11.6 Å². The number of hydrogen-bond donors (Lipinski definition) is 3. The van der Waals surface area contributed by atoms with Crippen LogP contribution in [0.15, 0.2) is 52.1 Å². The molecule has 30 heavy (non-hydrogen) atoms. The normalized spacial score (nSPS) is 16.4. The van der Waals surface area contributed by atoms with Gasteiger partial charge in [0.2, 0.25) is 5.82 Å². The number of guanidine groups is 1. The van der Waals surface area contributed by atoms with Crippen molar-refractivity contribution in [2.24, 2.45) is 4.99 Å². The molecule has 160 valence electrons. The monoisotopic (exact) mass is 521 g/mol. The Morgan fingerprint density at radius 2 is 2.13 bits per heavy atom. The van der Waals surface area contributed by atoms with Crippen LogP contribution < -0.4 is 15.5 Å². The molecule has 3 aromatic rings. The molecule has 0 amide bonds. The van der Waals surface area contributed by atoms with Crippen LogP contribution in [-0.4, -0.2) is 46.8 Å². The van der Waals surface area contributed by atoms with Gasteiger partial charge in [0.25, 0.3) is 0 Å². The summed E-state index contributed by atoms with van der Waals surface area (Å²) in [7, 11) is 0. The molecule has 2 aromatic heterocycles. The molecule has 9 heteroatoms. The molecule has 1 aromatic carbocycles. The maximum absolute atomic E-state index is 5.33. The highest BCUT2D eigenvalue weighted by molar-refractivity contribution is 14.0. The molecule has 0 saturated carbocycles. The quantitative estimate of drug-likeness (QED) is 0.262. The highest BCUT2D eigenvalue weighted by atomic mass is 127. The van der Waals surface area contributed by atoms with Gasteiger partial charge in [0.15, 0.2) is 11.7 Å². The number of anilines is 1. The van der Waals surface area contributed by atoms with Crippen molar-refractivity contribution in [3.05, 3.63) is 54.0 Å². The number of nitrogens with one attached hydrogen (secondary N) is 3. The van der Waals surface area contributed by atoms with E-state index in [4.69, 9.17) is 4.42 Å². The lowest BCUT2D eigenvalue weighted by Gasteiger charge is -2.20. The molecule has 3 N–H and O–H groups in total. The average Bonchev–Trinajstić information content (AvgIpc) is 3.48. The molecule has 0 spiro atoms. The molecule has 1 atom stereocenters. The van der Waals surface area contributed by atoms with Gasteiger partial charge in [-0.15, -0.1) is 29.1 Å². The SMILES string of the molecule is CCNC(=NCc1nc(-c2ccco2)n[nH]1)NC1CCN(c2ccc(C)cc2)C1.I. The van der Waals surface area contributed by atoms with Crippen molar-refractivity contribution in [1.82, 2.24) is 25.8 Å². The van der Waals surface area contributed by atoms with Crippen LogP contribution in [0.3, 0.4) is 0 Å². The minimum atomic E-state index is 0. The lowest BCUT2D eigenvalue weighted by molar-refractivity contribution is 0.577. The highest BCUT2D eigenvalue weighted by Gasteiger charge is 2.23. The van der Waals surface area contributed by atoms with Gasteiger partial charge in [-0.2, -0.15) is 0 Å². The van der Waals surface area contributed by atoms with Gasteiger partial charge in [-0.1, -0.05) is 17.7 Å². The maximum Gasteiger partial charge on any atom is 0.216 e. The number of aryl methyl sites for hydroxylation is 1. The number of rotatable bonds is 6. The van der Waals surface area contributed by atoms with E-state index in [1.54, 1.807) is 6.26 Å². The molecular formula is C21H28IN7O. The van der Waals surface area contributed by atoms with Gasteiger partial charge in [0.1, 0.15) is 12.4 Å². The van der Waals surface area contributed by atoms with E-state index in [-0.39, 0.29) is 24.0 Å². The Morgan fingerprint density at radius 1 is 1.30 bits per heavy atom. The number of hydrogen-bond acceptors (Lipinski definition) is 5. The first kappa shape index (κ1) is 22.1. The number of aromatic amines is 1. The molecule has 0 aliphatic carbocycles. The summed E-state index contributed by atoms with van der Waals surface area (Å²) in [5.41, 5.74) is 2.56. The Kier molecular flexibility index (Phi) is 7.72. The van der Waals surface area contributed by atoms with E-state index >= 15 is 0 Å². The minimum absolute atomic E-state index is 0. The zero-order valence-electron chi connectivity index (χ0n) is 17.3. The van der Waals surface area contributed by atoms with Crippen molar-refractivity contribution in [3.63, 3.8) is 0 Å². The summed E-state index contributed by atoms with van der Waals surface area (Å²) in [6.45, 7) is 7.39. The lowest BCUT2D eigenvalue weighted by Crippen LogP contribution is -2.44. The topological polar surface area (TPSA) is 94.4 Å². The molecule has 1 saturated heterocycles. The van der Waals surface area contributed by atoms with Crippen LogP contribution in [0.2, 0.25) is 0 Å². The zero-order valence-corrected chi connectivity index (χ0v) is 19.6. The third kappa shape index (κ3) is 5.53. The molecule has 4 rings (SSSR count). The number of aromatic nitrogens is 3. The van der Waals surface area contributed by atoms with E-state index in [1.165, 1.54) is 11.3 Å². The number of halogens is 1. The van der Waals surface area contributed by atoms with Crippen molar-refractivity contribution in [3.8, 4) is 11.6 Å². The smallest absolute Gasteiger partial charge is 0.216 e. The summed E-state index contributed by atoms with van der Waals surface area (Å²) in [6.07, 6.45) is 2.68. The fourth-order valence-corrected chi connectivity index (χ4v) is 3.42. The second kappa shape index (κ2) is 10.5. The van der Waals surface area contributed by atoms with Crippen molar-refractivity contribution in [2.75, 3.05) is 24.5 Å². The van der Waals surface area contributed by atoms with Gasteiger partial charge in [-0.3, -0.25) is 5.10 Å². The predicted molar refractivity (Wildman–Crippen MR) is 129 cm³/mol.